The molecule has 0 fully saturated rings. The van der Waals surface area contributed by atoms with Crippen LogP contribution in [0.15, 0.2) is 23.3 Å². The summed E-state index contributed by atoms with van der Waals surface area (Å²) in [6.45, 7) is 6.44. The Morgan fingerprint density at radius 1 is 1.44 bits per heavy atom. The van der Waals surface area contributed by atoms with E-state index in [2.05, 4.69) is 23.9 Å². The first-order chi connectivity index (χ1) is 8.49. The molecule has 6 heteroatoms. The third-order valence-electron chi connectivity index (χ3n) is 2.72. The molecule has 0 aromatic carbocycles. The zero-order chi connectivity index (χ0) is 13.3. The second-order valence-electron chi connectivity index (χ2n) is 4.43. The van der Waals surface area contributed by atoms with E-state index in [0.29, 0.717) is 22.0 Å². The maximum Gasteiger partial charge on any atom is 0.267 e. The predicted molar refractivity (Wildman–Crippen MR) is 77.7 cm³/mol. The first-order valence-corrected chi connectivity index (χ1v) is 6.83. The van der Waals surface area contributed by atoms with Gasteiger partial charge < -0.3 is 0 Å². The van der Waals surface area contributed by atoms with Crippen LogP contribution in [-0.2, 0) is 6.54 Å². The van der Waals surface area contributed by atoms with Gasteiger partial charge in [-0.2, -0.15) is 5.10 Å². The second kappa shape index (κ2) is 5.21. The Kier molecular flexibility index (Phi) is 3.84. The lowest BCUT2D eigenvalue weighted by Gasteiger charge is -2.08. The van der Waals surface area contributed by atoms with Crippen molar-refractivity contribution in [2.24, 2.45) is 0 Å². The van der Waals surface area contributed by atoms with Crippen LogP contribution in [-0.4, -0.2) is 19.3 Å². The SMILES string of the molecule is Cc1ncc(I)c(=O)n1Cc1ccn(C(C)C)n1. The summed E-state index contributed by atoms with van der Waals surface area (Å²) in [4.78, 5) is 16.2. The van der Waals surface area contributed by atoms with Gasteiger partial charge in [0.1, 0.15) is 5.82 Å². The minimum atomic E-state index is -0.0119. The van der Waals surface area contributed by atoms with E-state index in [1.54, 1.807) is 10.8 Å². The third kappa shape index (κ3) is 2.63. The summed E-state index contributed by atoms with van der Waals surface area (Å²) in [6.07, 6.45) is 3.53. The van der Waals surface area contributed by atoms with Crippen LogP contribution in [0, 0.1) is 10.5 Å². The van der Waals surface area contributed by atoms with Crippen LogP contribution in [0.5, 0.6) is 0 Å². The van der Waals surface area contributed by atoms with Crippen molar-refractivity contribution < 1.29 is 0 Å². The summed E-state index contributed by atoms with van der Waals surface area (Å²) in [7, 11) is 0. The fourth-order valence-corrected chi connectivity index (χ4v) is 2.08. The zero-order valence-corrected chi connectivity index (χ0v) is 12.7. The number of aryl methyl sites for hydroxylation is 1. The van der Waals surface area contributed by atoms with Gasteiger partial charge in [-0.25, -0.2) is 4.98 Å². The molecule has 0 spiro atoms. The van der Waals surface area contributed by atoms with Gasteiger partial charge in [-0.3, -0.25) is 14.0 Å². The molecule has 96 valence electrons. The number of hydrogen-bond acceptors (Lipinski definition) is 3. The van der Waals surface area contributed by atoms with E-state index in [4.69, 9.17) is 0 Å². The minimum Gasteiger partial charge on any atom is -0.290 e. The Morgan fingerprint density at radius 2 is 2.17 bits per heavy atom. The number of hydrogen-bond donors (Lipinski definition) is 0. The van der Waals surface area contributed by atoms with Crippen molar-refractivity contribution in [3.63, 3.8) is 0 Å². The smallest absolute Gasteiger partial charge is 0.267 e. The first-order valence-electron chi connectivity index (χ1n) is 5.75. The van der Waals surface area contributed by atoms with E-state index in [1.807, 2.05) is 46.5 Å². The molecule has 0 atom stereocenters. The molecule has 2 aromatic heterocycles. The fourth-order valence-electron chi connectivity index (χ4n) is 1.65. The highest BCUT2D eigenvalue weighted by Gasteiger charge is 2.08. The molecule has 0 aliphatic rings. The molecular formula is C12H15IN4O. The largest absolute Gasteiger partial charge is 0.290 e. The lowest BCUT2D eigenvalue weighted by atomic mass is 10.4. The number of halogens is 1. The molecule has 0 radical (unpaired) electrons. The molecule has 18 heavy (non-hydrogen) atoms. The highest BCUT2D eigenvalue weighted by Crippen LogP contribution is 2.06. The quantitative estimate of drug-likeness (QED) is 0.789. The summed E-state index contributed by atoms with van der Waals surface area (Å²) < 4.78 is 4.16. The van der Waals surface area contributed by atoms with E-state index in [1.165, 1.54) is 0 Å². The van der Waals surface area contributed by atoms with Gasteiger partial charge in [0.15, 0.2) is 0 Å². The molecule has 0 saturated carbocycles. The molecule has 0 N–H and O–H groups in total. The highest BCUT2D eigenvalue weighted by molar-refractivity contribution is 14.1. The van der Waals surface area contributed by atoms with Gasteiger partial charge in [-0.15, -0.1) is 0 Å². The van der Waals surface area contributed by atoms with Gasteiger partial charge in [0.2, 0.25) is 0 Å². The second-order valence-corrected chi connectivity index (χ2v) is 5.59. The van der Waals surface area contributed by atoms with Gasteiger partial charge in [0, 0.05) is 18.4 Å². The summed E-state index contributed by atoms with van der Waals surface area (Å²) in [5.74, 6) is 0.708. The van der Waals surface area contributed by atoms with Crippen molar-refractivity contribution in [1.82, 2.24) is 19.3 Å². The number of rotatable bonds is 3. The zero-order valence-electron chi connectivity index (χ0n) is 10.6. The molecule has 0 aliphatic heterocycles. The molecule has 2 heterocycles. The van der Waals surface area contributed by atoms with Crippen LogP contribution in [0.1, 0.15) is 31.4 Å². The van der Waals surface area contributed by atoms with Crippen molar-refractivity contribution in [2.75, 3.05) is 0 Å². The van der Waals surface area contributed by atoms with Gasteiger partial charge in [-0.1, -0.05) is 0 Å². The Labute approximate surface area is 119 Å². The van der Waals surface area contributed by atoms with Crippen LogP contribution < -0.4 is 5.56 Å². The molecule has 0 aliphatic carbocycles. The van der Waals surface area contributed by atoms with Gasteiger partial charge in [0.25, 0.3) is 5.56 Å². The lowest BCUT2D eigenvalue weighted by molar-refractivity contribution is 0.521. The maximum absolute atomic E-state index is 12.0. The minimum absolute atomic E-state index is 0.0119. The summed E-state index contributed by atoms with van der Waals surface area (Å²) in [5, 5.41) is 4.44. The van der Waals surface area contributed by atoms with Crippen molar-refractivity contribution in [1.29, 1.82) is 0 Å². The fraction of sp³-hybridized carbons (Fsp3) is 0.417. The molecule has 2 aromatic rings. The number of aromatic nitrogens is 4. The normalized spacial score (nSPS) is 11.2. The summed E-state index contributed by atoms with van der Waals surface area (Å²) in [6, 6.07) is 2.26. The lowest BCUT2D eigenvalue weighted by Crippen LogP contribution is -2.26. The van der Waals surface area contributed by atoms with Crippen molar-refractivity contribution in [3.8, 4) is 0 Å². The van der Waals surface area contributed by atoms with Crippen LogP contribution in [0.3, 0.4) is 0 Å². The van der Waals surface area contributed by atoms with Crippen LogP contribution >= 0.6 is 22.6 Å². The van der Waals surface area contributed by atoms with E-state index in [0.717, 1.165) is 5.69 Å². The van der Waals surface area contributed by atoms with Crippen molar-refractivity contribution in [3.05, 3.63) is 43.9 Å². The van der Waals surface area contributed by atoms with E-state index < -0.39 is 0 Å². The monoisotopic (exact) mass is 358 g/mol. The molecule has 0 saturated heterocycles. The molecular weight excluding hydrogens is 343 g/mol. The topological polar surface area (TPSA) is 52.7 Å². The standard InChI is InChI=1S/C12H15IN4O/c1-8(2)17-5-4-10(15-17)7-16-9(3)14-6-11(13)12(16)18/h4-6,8H,7H2,1-3H3. The highest BCUT2D eigenvalue weighted by atomic mass is 127. The summed E-state index contributed by atoms with van der Waals surface area (Å²) >= 11 is 2.00. The molecule has 0 bridgehead atoms. The average molecular weight is 358 g/mol. The Balaban J connectivity index is 2.34. The van der Waals surface area contributed by atoms with Gasteiger partial charge >= 0.3 is 0 Å². The first kappa shape index (κ1) is 13.3. The van der Waals surface area contributed by atoms with Gasteiger partial charge in [-0.05, 0) is 49.4 Å². The predicted octanol–water partition coefficient (Wildman–Crippen LogP) is 1.98. The van der Waals surface area contributed by atoms with Crippen LogP contribution in [0.4, 0.5) is 0 Å². The molecule has 5 nitrogen and oxygen atoms in total. The van der Waals surface area contributed by atoms with Crippen molar-refractivity contribution in [2.45, 2.75) is 33.4 Å². The van der Waals surface area contributed by atoms with Crippen molar-refractivity contribution >= 4 is 22.6 Å². The van der Waals surface area contributed by atoms with E-state index in [-0.39, 0.29) is 5.56 Å². The Morgan fingerprint density at radius 3 is 2.78 bits per heavy atom. The Hall–Kier alpha value is -1.18. The Bertz CT molecular complexity index is 615. The molecule has 2 rings (SSSR count). The average Bonchev–Trinajstić information content (AvgIpc) is 2.78. The molecule has 0 unspecified atom stereocenters. The van der Waals surface area contributed by atoms with Gasteiger partial charge in [0.05, 0.1) is 15.8 Å². The van der Waals surface area contributed by atoms with E-state index in [9.17, 15) is 4.79 Å². The van der Waals surface area contributed by atoms with Crippen LogP contribution in [0.2, 0.25) is 0 Å². The third-order valence-corrected chi connectivity index (χ3v) is 3.46. The number of nitrogens with zero attached hydrogens (tertiary/aromatic N) is 4. The maximum atomic E-state index is 12.0. The molecule has 0 amide bonds. The summed E-state index contributed by atoms with van der Waals surface area (Å²) in [5.41, 5.74) is 0.861. The van der Waals surface area contributed by atoms with E-state index >= 15 is 0 Å². The van der Waals surface area contributed by atoms with Crippen LogP contribution in [0.25, 0.3) is 0 Å².